The molecule has 0 bridgehead atoms. The Bertz CT molecular complexity index is 1600. The quantitative estimate of drug-likeness (QED) is 0.399. The summed E-state index contributed by atoms with van der Waals surface area (Å²) in [5.41, 5.74) is 2.84. The van der Waals surface area contributed by atoms with Crippen LogP contribution in [0.3, 0.4) is 0 Å². The summed E-state index contributed by atoms with van der Waals surface area (Å²) >= 11 is 0. The normalized spacial score (nSPS) is 17.9. The smallest absolute Gasteiger partial charge is 0.270 e. The maximum Gasteiger partial charge on any atom is 0.270 e. The molecule has 4 aromatic rings. The van der Waals surface area contributed by atoms with Crippen molar-refractivity contribution < 1.29 is 17.9 Å². The number of carbonyl (C=O) groups excluding carboxylic acids is 1. The Morgan fingerprint density at radius 2 is 1.79 bits per heavy atom. The first-order valence-electron chi connectivity index (χ1n) is 12.2. The first-order chi connectivity index (χ1) is 18.2. The number of nitrogens with zero attached hydrogens (tertiary/aromatic N) is 5. The zero-order chi connectivity index (χ0) is 26.9. The van der Waals surface area contributed by atoms with E-state index in [0.29, 0.717) is 5.69 Å². The first kappa shape index (κ1) is 25.7. The number of aromatic nitrogens is 4. The molecule has 1 amide bonds. The molecule has 0 radical (unpaired) electrons. The van der Waals surface area contributed by atoms with Gasteiger partial charge in [-0.15, -0.1) is 0 Å². The van der Waals surface area contributed by atoms with Gasteiger partial charge in [-0.1, -0.05) is 6.07 Å². The molecular formula is C27H28N6O4S. The van der Waals surface area contributed by atoms with Gasteiger partial charge >= 0.3 is 0 Å². The molecule has 38 heavy (non-hydrogen) atoms. The number of carbonyl (C=O) groups is 1. The molecule has 0 spiro atoms. The minimum Gasteiger partial charge on any atom is -0.372 e. The van der Waals surface area contributed by atoms with Crippen LogP contribution in [0.15, 0.2) is 65.8 Å². The van der Waals surface area contributed by atoms with Crippen molar-refractivity contribution in [1.82, 2.24) is 25.3 Å². The van der Waals surface area contributed by atoms with Crippen LogP contribution in [0.5, 0.6) is 0 Å². The van der Waals surface area contributed by atoms with E-state index >= 15 is 0 Å². The Hall–Kier alpha value is -3.96. The van der Waals surface area contributed by atoms with Crippen LogP contribution >= 0.6 is 0 Å². The maximum atomic E-state index is 12.6. The summed E-state index contributed by atoms with van der Waals surface area (Å²) in [6, 6.07) is 14.2. The molecule has 1 aliphatic rings. The number of hydrogen-bond acceptors (Lipinski definition) is 9. The molecule has 2 atom stereocenters. The van der Waals surface area contributed by atoms with E-state index in [2.05, 4.69) is 34.0 Å². The van der Waals surface area contributed by atoms with Crippen molar-refractivity contribution in [3.8, 4) is 11.4 Å². The fraction of sp³-hybridized carbons (Fsp3) is 0.296. The third-order valence-corrected chi connectivity index (χ3v) is 7.30. The van der Waals surface area contributed by atoms with E-state index in [1.807, 2.05) is 36.4 Å². The summed E-state index contributed by atoms with van der Waals surface area (Å²) < 4.78 is 29.4. The van der Waals surface area contributed by atoms with E-state index < -0.39 is 15.7 Å². The third kappa shape index (κ3) is 5.79. The highest BCUT2D eigenvalue weighted by Gasteiger charge is 2.23. The second-order valence-corrected chi connectivity index (χ2v) is 11.5. The molecule has 4 aromatic heterocycles. The molecule has 1 fully saturated rings. The molecule has 0 saturated carbocycles. The van der Waals surface area contributed by atoms with Crippen molar-refractivity contribution in [3.63, 3.8) is 0 Å². The second-order valence-electron chi connectivity index (χ2n) is 9.44. The summed E-state index contributed by atoms with van der Waals surface area (Å²) in [6.07, 6.45) is 4.35. The topological polar surface area (TPSA) is 127 Å². The van der Waals surface area contributed by atoms with Crippen molar-refractivity contribution in [1.29, 1.82) is 0 Å². The van der Waals surface area contributed by atoms with Crippen molar-refractivity contribution in [2.45, 2.75) is 37.5 Å². The van der Waals surface area contributed by atoms with E-state index in [0.717, 1.165) is 47.5 Å². The Morgan fingerprint density at radius 1 is 1.03 bits per heavy atom. The molecule has 0 unspecified atom stereocenters. The highest BCUT2D eigenvalue weighted by molar-refractivity contribution is 7.90. The van der Waals surface area contributed by atoms with Crippen molar-refractivity contribution in [2.75, 3.05) is 24.2 Å². The molecule has 196 valence electrons. The van der Waals surface area contributed by atoms with Crippen LogP contribution < -0.4 is 10.2 Å². The van der Waals surface area contributed by atoms with Crippen LogP contribution in [0, 0.1) is 0 Å². The Balaban J connectivity index is 1.34. The van der Waals surface area contributed by atoms with Crippen LogP contribution in [-0.4, -0.2) is 65.8 Å². The zero-order valence-electron chi connectivity index (χ0n) is 21.3. The average molecular weight is 533 g/mol. The first-order valence-corrected chi connectivity index (χ1v) is 14.1. The minimum atomic E-state index is -3.45. The molecule has 1 saturated heterocycles. The number of pyridine rings is 4. The van der Waals surface area contributed by atoms with Gasteiger partial charge in [-0.05, 0) is 56.3 Å². The molecule has 11 heteroatoms. The van der Waals surface area contributed by atoms with Crippen LogP contribution in [0.2, 0.25) is 0 Å². The Morgan fingerprint density at radius 3 is 2.55 bits per heavy atom. The summed E-state index contributed by atoms with van der Waals surface area (Å²) in [5, 5.41) is 3.60. The van der Waals surface area contributed by atoms with E-state index in [4.69, 9.17) is 14.7 Å². The van der Waals surface area contributed by atoms with E-state index in [1.54, 1.807) is 6.20 Å². The molecule has 5 rings (SSSR count). The van der Waals surface area contributed by atoms with Crippen LogP contribution in [-0.2, 0) is 21.1 Å². The van der Waals surface area contributed by atoms with Gasteiger partial charge < -0.3 is 15.0 Å². The maximum absolute atomic E-state index is 12.6. The zero-order valence-corrected chi connectivity index (χ0v) is 22.1. The summed E-state index contributed by atoms with van der Waals surface area (Å²) in [5.74, 6) is 0.393. The van der Waals surface area contributed by atoms with Gasteiger partial charge in [0.1, 0.15) is 11.5 Å². The van der Waals surface area contributed by atoms with Crippen LogP contribution in [0.4, 0.5) is 5.82 Å². The Kier molecular flexibility index (Phi) is 7.04. The molecule has 10 nitrogen and oxygen atoms in total. The van der Waals surface area contributed by atoms with Gasteiger partial charge in [0, 0.05) is 37.1 Å². The lowest BCUT2D eigenvalue weighted by molar-refractivity contribution is -0.00545. The van der Waals surface area contributed by atoms with Gasteiger partial charge in [0.2, 0.25) is 0 Å². The molecule has 5 heterocycles. The summed E-state index contributed by atoms with van der Waals surface area (Å²) in [4.78, 5) is 32.9. The highest BCUT2D eigenvalue weighted by Crippen LogP contribution is 2.24. The SMILES string of the molecule is C[C@@H]1CN(c2cccc(-c3ccc4cnc(CNC(=O)c5cc(S(C)(=O)=O)ccn5)cc4n3)n2)C[C@H](C)O1. The lowest BCUT2D eigenvalue weighted by Gasteiger charge is -2.36. The predicted molar refractivity (Wildman–Crippen MR) is 144 cm³/mol. The number of nitrogens with one attached hydrogen (secondary N) is 1. The highest BCUT2D eigenvalue weighted by atomic mass is 32.2. The van der Waals surface area contributed by atoms with Gasteiger partial charge in [-0.25, -0.2) is 18.4 Å². The molecule has 1 aliphatic heterocycles. The van der Waals surface area contributed by atoms with Gasteiger partial charge in [0.15, 0.2) is 9.84 Å². The summed E-state index contributed by atoms with van der Waals surface area (Å²) in [7, 11) is -3.45. The van der Waals surface area contributed by atoms with Crippen LogP contribution in [0.1, 0.15) is 30.0 Å². The number of sulfone groups is 1. The minimum absolute atomic E-state index is 0.0177. The van der Waals surface area contributed by atoms with E-state index in [9.17, 15) is 13.2 Å². The standard InChI is InChI=1S/C27H28N6O4S/c1-17-15-33(16-18(2)37-17)26-6-4-5-22(32-26)23-8-7-19-13-29-20(11-24(19)31-23)14-30-27(34)25-12-21(9-10-28-25)38(3,35)36/h4-13,17-18H,14-16H2,1-3H3,(H,30,34)/t17-,18+. The number of ether oxygens (including phenoxy) is 1. The molecule has 0 aromatic carbocycles. The number of anilines is 1. The van der Waals surface area contributed by atoms with Gasteiger partial charge in [-0.2, -0.15) is 0 Å². The number of fused-ring (bicyclic) bond motifs is 1. The largest absolute Gasteiger partial charge is 0.372 e. The van der Waals surface area contributed by atoms with Gasteiger partial charge in [-0.3, -0.25) is 14.8 Å². The molecule has 1 N–H and O–H groups in total. The Labute approximate surface area is 221 Å². The van der Waals surface area contributed by atoms with E-state index in [-0.39, 0.29) is 29.3 Å². The van der Waals surface area contributed by atoms with Crippen LogP contribution in [0.25, 0.3) is 22.3 Å². The predicted octanol–water partition coefficient (Wildman–Crippen LogP) is 3.03. The number of rotatable bonds is 6. The second kappa shape index (κ2) is 10.4. The average Bonchev–Trinajstić information content (AvgIpc) is 2.90. The lowest BCUT2D eigenvalue weighted by Crippen LogP contribution is -2.45. The number of morpholine rings is 1. The van der Waals surface area contributed by atoms with Gasteiger partial charge in [0.05, 0.1) is 46.2 Å². The monoisotopic (exact) mass is 532 g/mol. The number of hydrogen-bond donors (Lipinski definition) is 1. The number of amides is 1. The van der Waals surface area contributed by atoms with Crippen molar-refractivity contribution in [3.05, 3.63) is 72.3 Å². The van der Waals surface area contributed by atoms with Crippen molar-refractivity contribution in [2.24, 2.45) is 0 Å². The lowest BCUT2D eigenvalue weighted by atomic mass is 10.1. The third-order valence-electron chi connectivity index (χ3n) is 6.19. The van der Waals surface area contributed by atoms with Gasteiger partial charge in [0.25, 0.3) is 5.91 Å². The van der Waals surface area contributed by atoms with Crippen molar-refractivity contribution >= 4 is 32.5 Å². The molecule has 0 aliphatic carbocycles. The summed E-state index contributed by atoms with van der Waals surface area (Å²) in [6.45, 7) is 5.82. The fourth-order valence-electron chi connectivity index (χ4n) is 4.43. The molecular weight excluding hydrogens is 504 g/mol. The van der Waals surface area contributed by atoms with E-state index in [1.165, 1.54) is 18.3 Å². The fourth-order valence-corrected chi connectivity index (χ4v) is 5.07.